The molecule has 0 radical (unpaired) electrons. The molecular weight excluding hydrogens is 403 g/mol. The number of carbonyl (C=O) groups is 1. The third-order valence-electron chi connectivity index (χ3n) is 3.82. The summed E-state index contributed by atoms with van der Waals surface area (Å²) in [5.41, 5.74) is 0.869. The van der Waals surface area contributed by atoms with Crippen LogP contribution in [0.15, 0.2) is 42.5 Å². The number of carbonyl (C=O) groups excluding carboxylic acids is 1. The fourth-order valence-electron chi connectivity index (χ4n) is 2.42. The maximum absolute atomic E-state index is 12.6. The number of nitrogens with one attached hydrogen (secondary N) is 2. The molecule has 0 bridgehead atoms. The van der Waals surface area contributed by atoms with Gasteiger partial charge in [-0.25, -0.2) is 0 Å². The number of hydrogen-bond acceptors (Lipinski definition) is 3. The van der Waals surface area contributed by atoms with Gasteiger partial charge in [0.15, 0.2) is 5.11 Å². The lowest BCUT2D eigenvalue weighted by Gasteiger charge is -2.14. The molecule has 0 unspecified atom stereocenters. The predicted octanol–water partition coefficient (Wildman–Crippen LogP) is 6.08. The van der Waals surface area contributed by atoms with Crippen molar-refractivity contribution in [3.8, 4) is 5.75 Å². The number of ether oxygens (including phenoxy) is 1. The lowest BCUT2D eigenvalue weighted by atomic mass is 10.2. The highest BCUT2D eigenvalue weighted by Crippen LogP contribution is 2.29. The summed E-state index contributed by atoms with van der Waals surface area (Å²) in [4.78, 5) is 12.6. The second-order valence-corrected chi connectivity index (χ2v) is 7.13. The first-order chi connectivity index (χ1) is 13.0. The van der Waals surface area contributed by atoms with E-state index in [1.165, 1.54) is 12.8 Å². The molecule has 2 N–H and O–H groups in total. The van der Waals surface area contributed by atoms with E-state index in [0.717, 1.165) is 12.8 Å². The summed E-state index contributed by atoms with van der Waals surface area (Å²) in [7, 11) is 0. The Morgan fingerprint density at radius 1 is 1.04 bits per heavy atom. The lowest BCUT2D eigenvalue weighted by molar-refractivity contribution is 0.0973. The number of thiocarbonyl (C=S) groups is 1. The second-order valence-electron chi connectivity index (χ2n) is 5.91. The summed E-state index contributed by atoms with van der Waals surface area (Å²) in [6.45, 7) is 2.73. The summed E-state index contributed by atoms with van der Waals surface area (Å²) in [5.74, 6) is 0.171. The number of halogens is 2. The highest BCUT2D eigenvalue weighted by molar-refractivity contribution is 7.80. The fraction of sp³-hybridized carbons (Fsp3) is 0.300. The first kappa shape index (κ1) is 21.5. The Kier molecular flexibility index (Phi) is 8.85. The average molecular weight is 425 g/mol. The highest BCUT2D eigenvalue weighted by Gasteiger charge is 2.15. The van der Waals surface area contributed by atoms with Gasteiger partial charge >= 0.3 is 0 Å². The summed E-state index contributed by atoms with van der Waals surface area (Å²) in [6, 6.07) is 12.2. The molecule has 144 valence electrons. The normalized spacial score (nSPS) is 10.3. The van der Waals surface area contributed by atoms with Crippen molar-refractivity contribution in [3.05, 3.63) is 58.1 Å². The molecule has 0 aromatic heterocycles. The zero-order valence-corrected chi connectivity index (χ0v) is 17.4. The van der Waals surface area contributed by atoms with Gasteiger partial charge in [0.05, 0.1) is 27.9 Å². The van der Waals surface area contributed by atoms with Gasteiger partial charge in [0.25, 0.3) is 5.91 Å². The monoisotopic (exact) mass is 424 g/mol. The van der Waals surface area contributed by atoms with Gasteiger partial charge in [-0.3, -0.25) is 10.1 Å². The molecule has 0 aliphatic carbocycles. The maximum atomic E-state index is 12.6. The van der Waals surface area contributed by atoms with Gasteiger partial charge in [-0.1, -0.05) is 67.6 Å². The third-order valence-corrected chi connectivity index (χ3v) is 4.65. The minimum atomic E-state index is -0.361. The first-order valence-electron chi connectivity index (χ1n) is 8.81. The Bertz CT molecular complexity index is 779. The lowest BCUT2D eigenvalue weighted by Crippen LogP contribution is -2.34. The number of benzene rings is 2. The minimum Gasteiger partial charge on any atom is -0.493 e. The van der Waals surface area contributed by atoms with Crippen molar-refractivity contribution < 1.29 is 9.53 Å². The van der Waals surface area contributed by atoms with Crippen LogP contribution in [0, 0.1) is 0 Å². The van der Waals surface area contributed by atoms with Gasteiger partial charge in [0.2, 0.25) is 0 Å². The van der Waals surface area contributed by atoms with Gasteiger partial charge in [-0.05, 0) is 42.9 Å². The van der Waals surface area contributed by atoms with E-state index >= 15 is 0 Å². The molecule has 0 fully saturated rings. The Morgan fingerprint density at radius 3 is 2.44 bits per heavy atom. The van der Waals surface area contributed by atoms with Crippen LogP contribution in [0.25, 0.3) is 0 Å². The summed E-state index contributed by atoms with van der Waals surface area (Å²) in [5, 5.41) is 6.42. The molecule has 0 heterocycles. The third kappa shape index (κ3) is 6.69. The Labute approximate surface area is 175 Å². The SMILES string of the molecule is CCCCCCOc1ccccc1C(=O)NC(=S)Nc1c(Cl)cccc1Cl. The minimum absolute atomic E-state index is 0.104. The fourth-order valence-corrected chi connectivity index (χ4v) is 3.11. The maximum Gasteiger partial charge on any atom is 0.261 e. The molecule has 0 atom stereocenters. The molecular formula is C20H22Cl2N2O2S. The van der Waals surface area contributed by atoms with E-state index in [9.17, 15) is 4.79 Å². The van der Waals surface area contributed by atoms with Crippen molar-refractivity contribution in [2.75, 3.05) is 11.9 Å². The van der Waals surface area contributed by atoms with Crippen LogP contribution in [0.4, 0.5) is 5.69 Å². The van der Waals surface area contributed by atoms with E-state index < -0.39 is 0 Å². The number of anilines is 1. The number of amides is 1. The molecule has 2 aromatic carbocycles. The van der Waals surface area contributed by atoms with Crippen molar-refractivity contribution in [3.63, 3.8) is 0 Å². The standard InChI is InChI=1S/C20H22Cl2N2O2S/c1-2-3-4-7-13-26-17-12-6-5-9-14(17)19(25)24-20(27)23-18-15(21)10-8-11-16(18)22/h5-6,8-12H,2-4,7,13H2,1H3,(H2,23,24,25,27). The summed E-state index contributed by atoms with van der Waals surface area (Å²) in [6.07, 6.45) is 4.40. The Hall–Kier alpha value is -1.82. The van der Waals surface area contributed by atoms with Gasteiger partial charge in [-0.2, -0.15) is 0 Å². The quantitative estimate of drug-likeness (QED) is 0.398. The molecule has 0 saturated heterocycles. The van der Waals surface area contributed by atoms with Crippen molar-refractivity contribution in [2.24, 2.45) is 0 Å². The molecule has 0 saturated carbocycles. The van der Waals surface area contributed by atoms with Crippen molar-refractivity contribution in [2.45, 2.75) is 32.6 Å². The zero-order valence-electron chi connectivity index (χ0n) is 15.1. The van der Waals surface area contributed by atoms with Gasteiger partial charge in [-0.15, -0.1) is 0 Å². The van der Waals surface area contributed by atoms with Crippen LogP contribution in [-0.2, 0) is 0 Å². The molecule has 1 amide bonds. The predicted molar refractivity (Wildman–Crippen MR) is 116 cm³/mol. The Morgan fingerprint density at radius 2 is 1.74 bits per heavy atom. The van der Waals surface area contributed by atoms with Crippen LogP contribution in [0.1, 0.15) is 43.0 Å². The van der Waals surface area contributed by atoms with Gasteiger partial charge < -0.3 is 10.1 Å². The second kappa shape index (κ2) is 11.1. The van der Waals surface area contributed by atoms with Gasteiger partial charge in [0.1, 0.15) is 5.75 Å². The summed E-state index contributed by atoms with van der Waals surface area (Å²) < 4.78 is 5.78. The number of rotatable bonds is 8. The highest BCUT2D eigenvalue weighted by atomic mass is 35.5. The van der Waals surface area contributed by atoms with E-state index in [2.05, 4.69) is 17.6 Å². The van der Waals surface area contributed by atoms with Crippen LogP contribution in [0.3, 0.4) is 0 Å². The van der Waals surface area contributed by atoms with Crippen molar-refractivity contribution >= 4 is 52.1 Å². The van der Waals surface area contributed by atoms with Crippen LogP contribution in [0.5, 0.6) is 5.75 Å². The van der Waals surface area contributed by atoms with E-state index in [1.807, 2.05) is 6.07 Å². The number of unbranched alkanes of at least 4 members (excludes halogenated alkanes) is 3. The average Bonchev–Trinajstić information content (AvgIpc) is 2.65. The summed E-state index contributed by atoms with van der Waals surface area (Å²) >= 11 is 17.4. The van der Waals surface area contributed by atoms with Crippen LogP contribution >= 0.6 is 35.4 Å². The van der Waals surface area contributed by atoms with Crippen molar-refractivity contribution in [1.29, 1.82) is 0 Å². The van der Waals surface area contributed by atoms with Gasteiger partial charge in [0, 0.05) is 0 Å². The molecule has 7 heteroatoms. The van der Waals surface area contributed by atoms with E-state index in [4.69, 9.17) is 40.2 Å². The molecule has 0 aliphatic heterocycles. The van der Waals surface area contributed by atoms with E-state index in [-0.39, 0.29) is 11.0 Å². The first-order valence-corrected chi connectivity index (χ1v) is 9.97. The van der Waals surface area contributed by atoms with Crippen LogP contribution < -0.4 is 15.4 Å². The zero-order chi connectivity index (χ0) is 19.6. The largest absolute Gasteiger partial charge is 0.493 e. The smallest absolute Gasteiger partial charge is 0.261 e. The number of hydrogen-bond donors (Lipinski definition) is 2. The molecule has 0 spiro atoms. The van der Waals surface area contributed by atoms with E-state index in [1.54, 1.807) is 36.4 Å². The topological polar surface area (TPSA) is 50.4 Å². The molecule has 0 aliphatic rings. The van der Waals surface area contributed by atoms with E-state index in [0.29, 0.717) is 33.7 Å². The molecule has 4 nitrogen and oxygen atoms in total. The molecule has 27 heavy (non-hydrogen) atoms. The van der Waals surface area contributed by atoms with Crippen molar-refractivity contribution in [1.82, 2.24) is 5.32 Å². The van der Waals surface area contributed by atoms with Crippen LogP contribution in [0.2, 0.25) is 10.0 Å². The number of para-hydroxylation sites is 2. The van der Waals surface area contributed by atoms with Crippen LogP contribution in [-0.4, -0.2) is 17.6 Å². The molecule has 2 aromatic rings. The molecule has 2 rings (SSSR count). The Balaban J connectivity index is 1.98.